The summed E-state index contributed by atoms with van der Waals surface area (Å²) in [5.41, 5.74) is 6.96. The molecule has 0 spiro atoms. The summed E-state index contributed by atoms with van der Waals surface area (Å²) >= 11 is 6.80. The predicted molar refractivity (Wildman–Crippen MR) is 77.5 cm³/mol. The zero-order chi connectivity index (χ0) is 13.3. The minimum absolute atomic E-state index is 0.146. The summed E-state index contributed by atoms with van der Waals surface area (Å²) in [6.07, 6.45) is 0. The van der Waals surface area contributed by atoms with Crippen molar-refractivity contribution >= 4 is 54.4 Å². The Morgan fingerprint density at radius 3 is 2.78 bits per heavy atom. The zero-order valence-corrected chi connectivity index (χ0v) is 12.7. The molecule has 18 heavy (non-hydrogen) atoms. The molecule has 0 unspecified atom stereocenters. The number of rotatable bonds is 2. The van der Waals surface area contributed by atoms with E-state index >= 15 is 0 Å². The molecule has 0 saturated carbocycles. The number of carbonyl (C=O) groups excluding carboxylic acids is 1. The van der Waals surface area contributed by atoms with E-state index in [1.807, 2.05) is 12.1 Å². The molecule has 2 N–H and O–H groups in total. The molecule has 0 saturated heterocycles. The molecule has 2 rings (SSSR count). The van der Waals surface area contributed by atoms with Crippen LogP contribution in [0.5, 0.6) is 0 Å². The molecule has 0 fully saturated rings. The van der Waals surface area contributed by atoms with Crippen LogP contribution in [0.15, 0.2) is 27.1 Å². The minimum atomic E-state index is -0.508. The molecular weight excluding hydrogens is 364 g/mol. The minimum Gasteiger partial charge on any atom is -0.461 e. The lowest BCUT2D eigenvalue weighted by molar-refractivity contribution is 0.0521. The van der Waals surface area contributed by atoms with Gasteiger partial charge in [0.05, 0.1) is 17.8 Å². The van der Waals surface area contributed by atoms with Crippen LogP contribution in [-0.2, 0) is 4.74 Å². The number of anilines is 1. The van der Waals surface area contributed by atoms with E-state index in [4.69, 9.17) is 10.5 Å². The van der Waals surface area contributed by atoms with Gasteiger partial charge in [0.1, 0.15) is 0 Å². The number of fused-ring (bicyclic) bond motifs is 1. The molecule has 0 aliphatic carbocycles. The van der Waals surface area contributed by atoms with Crippen LogP contribution in [-0.4, -0.2) is 17.6 Å². The molecule has 2 aromatic rings. The zero-order valence-electron chi connectivity index (χ0n) is 9.54. The lowest BCUT2D eigenvalue weighted by Gasteiger charge is -2.08. The van der Waals surface area contributed by atoms with Crippen LogP contribution in [0, 0.1) is 0 Å². The maximum Gasteiger partial charge on any atom is 0.359 e. The third-order valence-corrected chi connectivity index (χ3v) is 3.40. The van der Waals surface area contributed by atoms with Gasteiger partial charge in [0, 0.05) is 14.3 Å². The molecule has 1 aromatic heterocycles. The quantitative estimate of drug-likeness (QED) is 0.818. The topological polar surface area (TPSA) is 65.2 Å². The first-order valence-electron chi connectivity index (χ1n) is 5.25. The van der Waals surface area contributed by atoms with Gasteiger partial charge in [-0.25, -0.2) is 9.78 Å². The highest BCUT2D eigenvalue weighted by Crippen LogP contribution is 2.29. The van der Waals surface area contributed by atoms with Gasteiger partial charge >= 0.3 is 5.97 Å². The molecule has 94 valence electrons. The van der Waals surface area contributed by atoms with Gasteiger partial charge in [0.15, 0.2) is 5.69 Å². The van der Waals surface area contributed by atoms with Crippen molar-refractivity contribution in [1.82, 2.24) is 4.98 Å². The number of nitrogens with two attached hydrogens (primary N) is 1. The number of ether oxygens (including phenoxy) is 1. The van der Waals surface area contributed by atoms with Gasteiger partial charge in [0.25, 0.3) is 0 Å². The largest absolute Gasteiger partial charge is 0.461 e. The molecule has 4 nitrogen and oxygen atoms in total. The predicted octanol–water partition coefficient (Wildman–Crippen LogP) is 3.52. The number of aromatic nitrogens is 1. The second kappa shape index (κ2) is 5.24. The number of hydrogen-bond acceptors (Lipinski definition) is 4. The van der Waals surface area contributed by atoms with Crippen molar-refractivity contribution in [2.75, 3.05) is 12.3 Å². The van der Waals surface area contributed by atoms with Crippen molar-refractivity contribution in [3.8, 4) is 0 Å². The molecular formula is C12H10Br2N2O2. The Labute approximate surface area is 121 Å². The molecule has 1 aromatic carbocycles. The normalized spacial score (nSPS) is 10.6. The molecule has 0 atom stereocenters. The summed E-state index contributed by atoms with van der Waals surface area (Å²) in [6.45, 7) is 2.03. The highest BCUT2D eigenvalue weighted by molar-refractivity contribution is 9.11. The average molecular weight is 374 g/mol. The van der Waals surface area contributed by atoms with Crippen LogP contribution >= 0.6 is 31.9 Å². The third kappa shape index (κ3) is 2.49. The van der Waals surface area contributed by atoms with E-state index in [9.17, 15) is 4.79 Å². The standard InChI is InChI=1S/C12H10Br2N2O2/c1-2-18-12(17)11-9(15)4-6-3-7(13)5-8(14)10(6)16-11/h3-5H,2,15H2,1H3. The summed E-state index contributed by atoms with van der Waals surface area (Å²) in [5, 5.41) is 0.849. The van der Waals surface area contributed by atoms with Gasteiger partial charge in [-0.1, -0.05) is 15.9 Å². The Bertz CT molecular complexity index is 629. The summed E-state index contributed by atoms with van der Waals surface area (Å²) < 4.78 is 6.61. The summed E-state index contributed by atoms with van der Waals surface area (Å²) in [4.78, 5) is 16.0. The van der Waals surface area contributed by atoms with Gasteiger partial charge < -0.3 is 10.5 Å². The van der Waals surface area contributed by atoms with E-state index in [2.05, 4.69) is 36.8 Å². The lowest BCUT2D eigenvalue weighted by Crippen LogP contribution is -2.10. The monoisotopic (exact) mass is 372 g/mol. The first-order valence-corrected chi connectivity index (χ1v) is 6.84. The Balaban J connectivity index is 2.64. The smallest absolute Gasteiger partial charge is 0.359 e. The lowest BCUT2D eigenvalue weighted by atomic mass is 10.2. The van der Waals surface area contributed by atoms with Crippen LogP contribution in [0.1, 0.15) is 17.4 Å². The van der Waals surface area contributed by atoms with Crippen LogP contribution in [0.25, 0.3) is 10.9 Å². The van der Waals surface area contributed by atoms with Crippen molar-refractivity contribution < 1.29 is 9.53 Å². The first-order chi connectivity index (χ1) is 8.52. The number of carbonyl (C=O) groups is 1. The Kier molecular flexibility index (Phi) is 3.87. The molecule has 0 aliphatic heterocycles. The van der Waals surface area contributed by atoms with E-state index in [1.54, 1.807) is 13.0 Å². The van der Waals surface area contributed by atoms with Gasteiger partial charge in [-0.3, -0.25) is 0 Å². The Hall–Kier alpha value is -1.14. The fourth-order valence-corrected chi connectivity index (χ4v) is 2.94. The van der Waals surface area contributed by atoms with E-state index in [0.29, 0.717) is 17.8 Å². The van der Waals surface area contributed by atoms with Gasteiger partial charge in [-0.2, -0.15) is 0 Å². The van der Waals surface area contributed by atoms with E-state index in [0.717, 1.165) is 14.3 Å². The maximum absolute atomic E-state index is 11.7. The number of hydrogen-bond donors (Lipinski definition) is 1. The van der Waals surface area contributed by atoms with Crippen molar-refractivity contribution in [1.29, 1.82) is 0 Å². The van der Waals surface area contributed by atoms with Gasteiger partial charge in [-0.05, 0) is 41.1 Å². The van der Waals surface area contributed by atoms with E-state index in [1.165, 1.54) is 0 Å². The molecule has 0 bridgehead atoms. The highest BCUT2D eigenvalue weighted by Gasteiger charge is 2.15. The van der Waals surface area contributed by atoms with Crippen LogP contribution < -0.4 is 5.73 Å². The number of esters is 1. The summed E-state index contributed by atoms with van der Waals surface area (Å²) in [5.74, 6) is -0.508. The number of benzene rings is 1. The highest BCUT2D eigenvalue weighted by atomic mass is 79.9. The van der Waals surface area contributed by atoms with Crippen molar-refractivity contribution in [3.05, 3.63) is 32.8 Å². The third-order valence-electron chi connectivity index (χ3n) is 2.33. The molecule has 6 heteroatoms. The molecule has 0 radical (unpaired) electrons. The van der Waals surface area contributed by atoms with Crippen molar-refractivity contribution in [2.45, 2.75) is 6.92 Å². The van der Waals surface area contributed by atoms with Crippen molar-refractivity contribution in [3.63, 3.8) is 0 Å². The fraction of sp³-hybridized carbons (Fsp3) is 0.167. The summed E-state index contributed by atoms with van der Waals surface area (Å²) in [7, 11) is 0. The molecule has 1 heterocycles. The Morgan fingerprint density at radius 1 is 1.39 bits per heavy atom. The number of nitrogens with zero attached hydrogens (tertiary/aromatic N) is 1. The van der Waals surface area contributed by atoms with Crippen LogP contribution in [0.3, 0.4) is 0 Å². The number of pyridine rings is 1. The first kappa shape index (κ1) is 13.3. The SMILES string of the molecule is CCOC(=O)c1nc2c(Br)cc(Br)cc2cc1N. The average Bonchev–Trinajstić information content (AvgIpc) is 2.27. The fourth-order valence-electron chi connectivity index (χ4n) is 1.59. The molecule has 0 aliphatic rings. The van der Waals surface area contributed by atoms with Gasteiger partial charge in [0.2, 0.25) is 0 Å². The van der Waals surface area contributed by atoms with Crippen LogP contribution in [0.2, 0.25) is 0 Å². The van der Waals surface area contributed by atoms with Gasteiger partial charge in [-0.15, -0.1) is 0 Å². The van der Waals surface area contributed by atoms with E-state index in [-0.39, 0.29) is 5.69 Å². The second-order valence-corrected chi connectivity index (χ2v) is 5.38. The number of nitrogen functional groups attached to an aromatic ring is 1. The molecule has 0 amide bonds. The number of halogens is 2. The van der Waals surface area contributed by atoms with Crippen molar-refractivity contribution in [2.24, 2.45) is 0 Å². The Morgan fingerprint density at radius 2 is 2.11 bits per heavy atom. The van der Waals surface area contributed by atoms with E-state index < -0.39 is 5.97 Å². The second-order valence-electron chi connectivity index (χ2n) is 3.61. The van der Waals surface area contributed by atoms with Crippen LogP contribution in [0.4, 0.5) is 5.69 Å². The maximum atomic E-state index is 11.7. The summed E-state index contributed by atoms with van der Waals surface area (Å²) in [6, 6.07) is 5.46.